The van der Waals surface area contributed by atoms with Crippen molar-refractivity contribution in [2.24, 2.45) is 0 Å². The number of aromatic nitrogens is 3. The van der Waals surface area contributed by atoms with Crippen LogP contribution in [0.25, 0.3) is 17.0 Å². The molecule has 5 nitrogen and oxygen atoms in total. The van der Waals surface area contributed by atoms with Crippen LogP contribution in [0.5, 0.6) is 5.75 Å². The van der Waals surface area contributed by atoms with Crippen LogP contribution in [0, 0.1) is 0 Å². The molecule has 0 aliphatic rings. The van der Waals surface area contributed by atoms with Gasteiger partial charge in [0, 0.05) is 23.9 Å². The van der Waals surface area contributed by atoms with Crippen LogP contribution < -0.4 is 5.43 Å². The molecule has 2 heterocycles. The predicted molar refractivity (Wildman–Crippen MR) is 62.9 cm³/mol. The number of aromatic hydroxyl groups is 1. The first kappa shape index (κ1) is 9.65. The van der Waals surface area contributed by atoms with Crippen LogP contribution >= 0.6 is 0 Å². The fourth-order valence-electron chi connectivity index (χ4n) is 1.76. The van der Waals surface area contributed by atoms with Crippen LogP contribution in [0.4, 0.5) is 0 Å². The fraction of sp³-hybridized carbons (Fsp3) is 0. The molecule has 0 aliphatic carbocycles. The van der Waals surface area contributed by atoms with E-state index in [1.807, 2.05) is 6.07 Å². The van der Waals surface area contributed by atoms with Crippen molar-refractivity contribution in [2.75, 3.05) is 0 Å². The van der Waals surface area contributed by atoms with E-state index < -0.39 is 0 Å². The van der Waals surface area contributed by atoms with Gasteiger partial charge in [-0.15, -0.1) is 0 Å². The number of phenols is 1. The molecule has 84 valence electrons. The van der Waals surface area contributed by atoms with Gasteiger partial charge in [0.1, 0.15) is 11.4 Å². The Morgan fingerprint density at radius 2 is 2.12 bits per heavy atom. The Hall–Kier alpha value is -2.56. The number of hydrogen-bond acceptors (Lipinski definition) is 3. The highest BCUT2D eigenvalue weighted by Crippen LogP contribution is 2.21. The highest BCUT2D eigenvalue weighted by Gasteiger charge is 2.07. The Morgan fingerprint density at radius 1 is 1.24 bits per heavy atom. The number of hydrogen-bond donors (Lipinski definition) is 2. The Bertz CT molecular complexity index is 743. The summed E-state index contributed by atoms with van der Waals surface area (Å²) in [6.45, 7) is 0. The van der Waals surface area contributed by atoms with Gasteiger partial charge in [0.2, 0.25) is 0 Å². The molecular formula is C12H9N3O2. The van der Waals surface area contributed by atoms with E-state index in [9.17, 15) is 9.90 Å². The summed E-state index contributed by atoms with van der Waals surface area (Å²) in [4.78, 5) is 11.2. The van der Waals surface area contributed by atoms with E-state index in [1.54, 1.807) is 28.8 Å². The SMILES string of the molecule is O=c1ccn2c(-c3cccc(O)c3)n[nH]c2c1. The lowest BCUT2D eigenvalue weighted by Gasteiger charge is -2.00. The monoisotopic (exact) mass is 227 g/mol. The molecule has 0 bridgehead atoms. The van der Waals surface area contributed by atoms with E-state index in [-0.39, 0.29) is 11.2 Å². The maximum atomic E-state index is 11.2. The number of phenolic OH excluding ortho intramolecular Hbond substituents is 1. The van der Waals surface area contributed by atoms with Gasteiger partial charge >= 0.3 is 0 Å². The van der Waals surface area contributed by atoms with Crippen molar-refractivity contribution in [1.29, 1.82) is 0 Å². The van der Waals surface area contributed by atoms with Gasteiger partial charge in [0.15, 0.2) is 11.3 Å². The van der Waals surface area contributed by atoms with Crippen molar-refractivity contribution >= 4 is 5.65 Å². The highest BCUT2D eigenvalue weighted by molar-refractivity contribution is 5.60. The summed E-state index contributed by atoms with van der Waals surface area (Å²) < 4.78 is 1.76. The molecule has 1 aromatic carbocycles. The molecule has 0 fully saturated rings. The first-order chi connectivity index (χ1) is 8.24. The molecule has 0 saturated heterocycles. The number of benzene rings is 1. The lowest BCUT2D eigenvalue weighted by Crippen LogP contribution is -1.99. The number of pyridine rings is 1. The van der Waals surface area contributed by atoms with Crippen LogP contribution in [0.2, 0.25) is 0 Å². The second-order valence-electron chi connectivity index (χ2n) is 3.72. The first-order valence-corrected chi connectivity index (χ1v) is 5.10. The third kappa shape index (κ3) is 1.57. The Kier molecular flexibility index (Phi) is 1.98. The van der Waals surface area contributed by atoms with Gasteiger partial charge in [0.25, 0.3) is 0 Å². The highest BCUT2D eigenvalue weighted by atomic mass is 16.3. The van der Waals surface area contributed by atoms with Crippen LogP contribution in [-0.4, -0.2) is 19.7 Å². The summed E-state index contributed by atoms with van der Waals surface area (Å²) in [6, 6.07) is 9.74. The molecule has 3 rings (SSSR count). The van der Waals surface area contributed by atoms with Gasteiger partial charge in [-0.3, -0.25) is 14.3 Å². The van der Waals surface area contributed by atoms with Crippen molar-refractivity contribution < 1.29 is 5.11 Å². The minimum absolute atomic E-state index is 0.0730. The summed E-state index contributed by atoms with van der Waals surface area (Å²) in [7, 11) is 0. The zero-order valence-corrected chi connectivity index (χ0v) is 8.79. The quantitative estimate of drug-likeness (QED) is 0.660. The standard InChI is InChI=1S/C12H9N3O2/c16-9-3-1-2-8(6-9)12-14-13-11-7-10(17)4-5-15(11)12/h1-7,13,16H. The van der Waals surface area contributed by atoms with Crippen LogP contribution in [0.15, 0.2) is 47.4 Å². The van der Waals surface area contributed by atoms with E-state index >= 15 is 0 Å². The van der Waals surface area contributed by atoms with Gasteiger partial charge in [0.05, 0.1) is 0 Å². The number of H-pyrrole nitrogens is 1. The molecule has 3 aromatic rings. The Morgan fingerprint density at radius 3 is 2.94 bits per heavy atom. The van der Waals surface area contributed by atoms with Crippen molar-refractivity contribution in [1.82, 2.24) is 14.6 Å². The number of fused-ring (bicyclic) bond motifs is 1. The average molecular weight is 227 g/mol. The maximum Gasteiger partial charge on any atom is 0.183 e. The number of nitrogens with zero attached hydrogens (tertiary/aromatic N) is 2. The van der Waals surface area contributed by atoms with Gasteiger partial charge in [-0.05, 0) is 12.1 Å². The summed E-state index contributed by atoms with van der Waals surface area (Å²) in [6.07, 6.45) is 1.65. The van der Waals surface area contributed by atoms with E-state index in [4.69, 9.17) is 0 Å². The zero-order valence-electron chi connectivity index (χ0n) is 8.79. The van der Waals surface area contributed by atoms with Gasteiger partial charge in [-0.2, -0.15) is 5.10 Å². The zero-order chi connectivity index (χ0) is 11.8. The molecule has 5 heteroatoms. The van der Waals surface area contributed by atoms with Crippen molar-refractivity contribution in [3.8, 4) is 17.1 Å². The van der Waals surface area contributed by atoms with Gasteiger partial charge < -0.3 is 5.11 Å². The summed E-state index contributed by atoms with van der Waals surface area (Å²) >= 11 is 0. The molecule has 17 heavy (non-hydrogen) atoms. The Labute approximate surface area is 96.0 Å². The second-order valence-corrected chi connectivity index (χ2v) is 3.72. The van der Waals surface area contributed by atoms with Crippen LogP contribution in [0.1, 0.15) is 0 Å². The summed E-state index contributed by atoms with van der Waals surface area (Å²) in [5, 5.41) is 16.3. The molecule has 0 spiro atoms. The lowest BCUT2D eigenvalue weighted by atomic mass is 10.2. The molecule has 0 unspecified atom stereocenters. The number of rotatable bonds is 1. The van der Waals surface area contributed by atoms with Gasteiger partial charge in [-0.25, -0.2) is 0 Å². The molecule has 0 radical (unpaired) electrons. The maximum absolute atomic E-state index is 11.2. The average Bonchev–Trinajstić information content (AvgIpc) is 2.71. The van der Waals surface area contributed by atoms with E-state index in [0.717, 1.165) is 5.56 Å². The fourth-order valence-corrected chi connectivity index (χ4v) is 1.76. The van der Waals surface area contributed by atoms with Gasteiger partial charge in [-0.1, -0.05) is 12.1 Å². The third-order valence-corrected chi connectivity index (χ3v) is 2.54. The summed E-state index contributed by atoms with van der Waals surface area (Å²) in [5.41, 5.74) is 1.33. The largest absolute Gasteiger partial charge is 0.508 e. The molecule has 2 N–H and O–H groups in total. The minimum Gasteiger partial charge on any atom is -0.508 e. The first-order valence-electron chi connectivity index (χ1n) is 5.10. The lowest BCUT2D eigenvalue weighted by molar-refractivity contribution is 0.475. The number of nitrogens with one attached hydrogen (secondary N) is 1. The van der Waals surface area contributed by atoms with Crippen molar-refractivity contribution in [3.05, 3.63) is 52.8 Å². The Balaban J connectivity index is 2.28. The van der Waals surface area contributed by atoms with E-state index in [2.05, 4.69) is 10.2 Å². The third-order valence-electron chi connectivity index (χ3n) is 2.54. The topological polar surface area (TPSA) is 70.4 Å². The van der Waals surface area contributed by atoms with E-state index in [1.165, 1.54) is 12.1 Å². The minimum atomic E-state index is -0.0730. The van der Waals surface area contributed by atoms with E-state index in [0.29, 0.717) is 11.5 Å². The molecule has 0 saturated carbocycles. The second kappa shape index (κ2) is 3.48. The molecule has 0 amide bonds. The van der Waals surface area contributed by atoms with Crippen LogP contribution in [-0.2, 0) is 0 Å². The van der Waals surface area contributed by atoms with Crippen molar-refractivity contribution in [2.45, 2.75) is 0 Å². The van der Waals surface area contributed by atoms with Crippen molar-refractivity contribution in [3.63, 3.8) is 0 Å². The predicted octanol–water partition coefficient (Wildman–Crippen LogP) is 1.40. The molecular weight excluding hydrogens is 218 g/mol. The molecule has 2 aromatic heterocycles. The number of aromatic amines is 1. The molecule has 0 atom stereocenters. The molecule has 0 aliphatic heterocycles. The summed E-state index contributed by atoms with van der Waals surface area (Å²) in [5.74, 6) is 0.829. The smallest absolute Gasteiger partial charge is 0.183 e. The normalized spacial score (nSPS) is 10.8. The van der Waals surface area contributed by atoms with Crippen LogP contribution in [0.3, 0.4) is 0 Å².